The van der Waals surface area contributed by atoms with Gasteiger partial charge in [0.15, 0.2) is 5.75 Å². The van der Waals surface area contributed by atoms with Crippen molar-refractivity contribution in [1.29, 1.82) is 0 Å². The van der Waals surface area contributed by atoms with Crippen LogP contribution in [-0.4, -0.2) is 43.3 Å². The molecular formula is C28H29NO4S. The van der Waals surface area contributed by atoms with Crippen molar-refractivity contribution in [2.45, 2.75) is 19.3 Å². The third-order valence-corrected chi connectivity index (χ3v) is 6.94. The number of aromatic hydroxyl groups is 1. The largest absolute Gasteiger partial charge is 0.508 e. The lowest BCUT2D eigenvalue weighted by molar-refractivity contribution is 0.183. The predicted molar refractivity (Wildman–Crippen MR) is 138 cm³/mol. The van der Waals surface area contributed by atoms with Crippen LogP contribution >= 0.6 is 11.3 Å². The molecule has 0 spiro atoms. The van der Waals surface area contributed by atoms with Gasteiger partial charge < -0.3 is 19.3 Å². The van der Waals surface area contributed by atoms with Gasteiger partial charge in [-0.2, -0.15) is 0 Å². The Morgan fingerprint density at radius 1 is 0.912 bits per heavy atom. The maximum Gasteiger partial charge on any atom is 0.153 e. The minimum absolute atomic E-state index is 0.173. The number of ether oxygens (including phenoxy) is 3. The molecule has 2 heterocycles. The van der Waals surface area contributed by atoms with Gasteiger partial charge in [0.25, 0.3) is 0 Å². The lowest BCUT2D eigenvalue weighted by Crippen LogP contribution is -2.33. The van der Waals surface area contributed by atoms with E-state index in [2.05, 4.69) is 0 Å². The van der Waals surface area contributed by atoms with Crippen LogP contribution in [0.15, 0.2) is 66.7 Å². The molecule has 1 saturated heterocycles. The molecule has 3 aromatic carbocycles. The van der Waals surface area contributed by atoms with Gasteiger partial charge in [-0.05, 0) is 98.2 Å². The molecule has 0 unspecified atom stereocenters. The number of thiophene rings is 1. The number of likely N-dealkylation sites (tertiary alicyclic amines) is 1. The number of rotatable bonds is 8. The predicted octanol–water partition coefficient (Wildman–Crippen LogP) is 6.94. The fraction of sp³-hybridized carbons (Fsp3) is 0.286. The number of fused-ring (bicyclic) bond motifs is 1. The second-order valence-electron chi connectivity index (χ2n) is 8.11. The summed E-state index contributed by atoms with van der Waals surface area (Å²) < 4.78 is 51.5. The smallest absolute Gasteiger partial charge is 0.153 e. The number of benzene rings is 3. The summed E-state index contributed by atoms with van der Waals surface area (Å²) in [6, 6.07) is 19.3. The highest BCUT2D eigenvalue weighted by atomic mass is 32.1. The molecule has 0 radical (unpaired) electrons. The first kappa shape index (κ1) is 18.2. The normalized spacial score (nSPS) is 16.9. The molecule has 5 nitrogen and oxygen atoms in total. The topological polar surface area (TPSA) is 51.2 Å². The van der Waals surface area contributed by atoms with Crippen LogP contribution in [0.5, 0.6) is 28.7 Å². The Morgan fingerprint density at radius 3 is 2.35 bits per heavy atom. The molecule has 1 fully saturated rings. The van der Waals surface area contributed by atoms with E-state index in [1.807, 2.05) is 30.3 Å². The summed E-state index contributed by atoms with van der Waals surface area (Å²) in [4.78, 5) is 2.41. The molecule has 176 valence electrons. The van der Waals surface area contributed by atoms with Crippen LogP contribution in [0, 0.1) is 0 Å². The van der Waals surface area contributed by atoms with Crippen molar-refractivity contribution in [3.63, 3.8) is 0 Å². The molecule has 1 aliphatic rings. The summed E-state index contributed by atoms with van der Waals surface area (Å²) in [7, 11) is 1.62. The standard InChI is InChI=1S/C28H29NO4S/c1-31-22-8-5-20(6-9-22)28-27(25-14-7-21(30)19-26(25)34-28)33-24-12-10-23(11-13-24)32-18-17-29-15-3-2-4-16-29/h5-14,19,30H,2-4,15-18H2,1H3/i17D2,18D2. The number of methoxy groups -OCH3 is 1. The summed E-state index contributed by atoms with van der Waals surface area (Å²) in [5, 5.41) is 10.8. The first-order chi connectivity index (χ1) is 18.2. The van der Waals surface area contributed by atoms with Crippen LogP contribution in [0.25, 0.3) is 20.5 Å². The Morgan fingerprint density at radius 2 is 1.62 bits per heavy atom. The summed E-state index contributed by atoms with van der Waals surface area (Å²) in [6.45, 7) is -3.80. The molecule has 0 aliphatic carbocycles. The zero-order valence-corrected chi connectivity index (χ0v) is 19.7. The van der Waals surface area contributed by atoms with Gasteiger partial charge in [-0.3, -0.25) is 4.90 Å². The van der Waals surface area contributed by atoms with E-state index in [4.69, 9.17) is 19.7 Å². The van der Waals surface area contributed by atoms with Crippen LogP contribution in [0.4, 0.5) is 0 Å². The number of phenols is 1. The molecule has 0 saturated carbocycles. The molecular weight excluding hydrogens is 446 g/mol. The van der Waals surface area contributed by atoms with E-state index in [-0.39, 0.29) is 11.5 Å². The Kier molecular flexibility index (Phi) is 5.53. The van der Waals surface area contributed by atoms with Gasteiger partial charge in [-0.15, -0.1) is 11.3 Å². The van der Waals surface area contributed by atoms with E-state index in [1.165, 1.54) is 16.2 Å². The summed E-state index contributed by atoms with van der Waals surface area (Å²) in [5.74, 6) is 2.28. The molecule has 34 heavy (non-hydrogen) atoms. The number of hydrogen-bond donors (Lipinski definition) is 1. The van der Waals surface area contributed by atoms with Crippen molar-refractivity contribution in [2.75, 3.05) is 33.3 Å². The third kappa shape index (κ3) is 5.13. The van der Waals surface area contributed by atoms with E-state index in [0.717, 1.165) is 45.5 Å². The molecule has 1 aliphatic heterocycles. The van der Waals surface area contributed by atoms with Gasteiger partial charge >= 0.3 is 0 Å². The summed E-state index contributed by atoms with van der Waals surface area (Å²) >= 11 is 1.50. The maximum absolute atomic E-state index is 10.00. The van der Waals surface area contributed by atoms with Crippen LogP contribution < -0.4 is 14.2 Å². The fourth-order valence-electron chi connectivity index (χ4n) is 3.94. The molecule has 0 atom stereocenters. The van der Waals surface area contributed by atoms with Crippen molar-refractivity contribution in [3.8, 4) is 39.2 Å². The highest BCUT2D eigenvalue weighted by Gasteiger charge is 2.17. The number of hydrogen-bond acceptors (Lipinski definition) is 6. The minimum atomic E-state index is -2.54. The van der Waals surface area contributed by atoms with Crippen molar-refractivity contribution in [2.24, 2.45) is 0 Å². The lowest BCUT2D eigenvalue weighted by atomic mass is 10.1. The first-order valence-electron chi connectivity index (χ1n) is 13.3. The molecule has 1 aromatic heterocycles. The molecule has 4 aromatic rings. The monoisotopic (exact) mass is 479 g/mol. The quantitative estimate of drug-likeness (QED) is 0.297. The molecule has 6 heteroatoms. The van der Waals surface area contributed by atoms with E-state index in [1.54, 1.807) is 43.5 Å². The van der Waals surface area contributed by atoms with Crippen LogP contribution in [0.1, 0.15) is 24.7 Å². The third-order valence-electron chi connectivity index (χ3n) is 5.75. The second kappa shape index (κ2) is 10.4. The van der Waals surface area contributed by atoms with Gasteiger partial charge in [-0.25, -0.2) is 0 Å². The van der Waals surface area contributed by atoms with E-state index in [9.17, 15) is 5.11 Å². The van der Waals surface area contributed by atoms with Gasteiger partial charge in [0, 0.05) is 19.3 Å². The molecule has 0 bridgehead atoms. The van der Waals surface area contributed by atoms with Crippen molar-refractivity contribution >= 4 is 21.4 Å². The summed E-state index contributed by atoms with van der Waals surface area (Å²) in [5.41, 5.74) is 0.939. The highest BCUT2D eigenvalue weighted by Crippen LogP contribution is 2.47. The van der Waals surface area contributed by atoms with Crippen LogP contribution in [-0.2, 0) is 0 Å². The highest BCUT2D eigenvalue weighted by molar-refractivity contribution is 7.22. The number of piperidine rings is 1. The van der Waals surface area contributed by atoms with Gasteiger partial charge in [-0.1, -0.05) is 6.42 Å². The Labute approximate surface area is 209 Å². The minimum Gasteiger partial charge on any atom is -0.508 e. The Hall–Kier alpha value is -3.22. The maximum atomic E-state index is 10.00. The zero-order valence-electron chi connectivity index (χ0n) is 22.9. The second-order valence-corrected chi connectivity index (χ2v) is 9.16. The van der Waals surface area contributed by atoms with Gasteiger partial charge in [0.05, 0.1) is 14.7 Å². The van der Waals surface area contributed by atoms with Crippen LogP contribution in [0.3, 0.4) is 0 Å². The Bertz CT molecular complexity index is 1400. The van der Waals surface area contributed by atoms with Gasteiger partial charge in [0.1, 0.15) is 29.6 Å². The molecule has 5 rings (SSSR count). The zero-order chi connectivity index (χ0) is 26.9. The molecule has 1 N–H and O–H groups in total. The first-order valence-corrected chi connectivity index (χ1v) is 12.1. The number of phenolic OH excluding ortho intramolecular Hbond substituents is 1. The average Bonchev–Trinajstić information content (AvgIpc) is 3.27. The number of nitrogens with zero attached hydrogens (tertiary/aromatic N) is 1. The van der Waals surface area contributed by atoms with Crippen molar-refractivity contribution in [3.05, 3.63) is 66.7 Å². The average molecular weight is 480 g/mol. The van der Waals surface area contributed by atoms with Crippen molar-refractivity contribution in [1.82, 2.24) is 4.90 Å². The fourth-order valence-corrected chi connectivity index (χ4v) is 5.11. The Balaban J connectivity index is 1.40. The van der Waals surface area contributed by atoms with E-state index >= 15 is 0 Å². The van der Waals surface area contributed by atoms with Crippen LogP contribution in [0.2, 0.25) is 0 Å². The summed E-state index contributed by atoms with van der Waals surface area (Å²) in [6.07, 6.45) is 2.71. The SMILES string of the molecule is [2H]C([2H])(Oc1ccc(Oc2c(-c3ccc(OC)cc3)sc3cc(O)ccc23)cc1)C([2H])([2H])N1CCCCC1. The lowest BCUT2D eigenvalue weighted by Gasteiger charge is -2.26. The van der Waals surface area contributed by atoms with Crippen molar-refractivity contribution < 1.29 is 24.8 Å². The van der Waals surface area contributed by atoms with E-state index < -0.39 is 13.1 Å². The van der Waals surface area contributed by atoms with Gasteiger partial charge in [0.2, 0.25) is 0 Å². The van der Waals surface area contributed by atoms with E-state index in [0.29, 0.717) is 24.6 Å². The molecule has 0 amide bonds.